The summed E-state index contributed by atoms with van der Waals surface area (Å²) >= 11 is 0. The Balaban J connectivity index is 2.09. The highest BCUT2D eigenvalue weighted by Crippen LogP contribution is 2.32. The number of fused-ring (bicyclic) bond motifs is 1. The van der Waals surface area contributed by atoms with Crippen LogP contribution in [0.5, 0.6) is 0 Å². The molecule has 0 atom stereocenters. The highest BCUT2D eigenvalue weighted by Gasteiger charge is 2.20. The van der Waals surface area contributed by atoms with Crippen molar-refractivity contribution in [3.63, 3.8) is 0 Å². The van der Waals surface area contributed by atoms with Crippen LogP contribution in [0.4, 0.5) is 11.6 Å². The molecule has 0 aliphatic carbocycles. The molecule has 3 rings (SSSR count). The third-order valence-corrected chi connectivity index (χ3v) is 3.55. The maximum atomic E-state index is 9.06. The van der Waals surface area contributed by atoms with E-state index in [4.69, 9.17) is 5.26 Å². The smallest absolute Gasteiger partial charge is 0.231 e. The normalized spacial score (nSPS) is 13.8. The topological polar surface area (TPSA) is 52.8 Å². The van der Waals surface area contributed by atoms with Crippen LogP contribution in [-0.2, 0) is 6.42 Å². The summed E-state index contributed by atoms with van der Waals surface area (Å²) in [4.78, 5) is 11.0. The number of rotatable bonds is 1. The predicted octanol–water partition coefficient (Wildman–Crippen LogP) is 3.05. The molecule has 0 spiro atoms. The molecule has 0 bridgehead atoms. The van der Waals surface area contributed by atoms with Crippen LogP contribution >= 0.6 is 0 Å². The van der Waals surface area contributed by atoms with E-state index in [0.717, 1.165) is 30.8 Å². The average molecular weight is 264 g/mol. The summed E-state index contributed by atoms with van der Waals surface area (Å²) in [5.41, 5.74) is 5.02. The second-order valence-corrected chi connectivity index (χ2v) is 5.19. The molecule has 1 aromatic carbocycles. The van der Waals surface area contributed by atoms with Crippen LogP contribution in [0.25, 0.3) is 0 Å². The van der Waals surface area contributed by atoms with Crippen LogP contribution < -0.4 is 4.90 Å². The Hall–Kier alpha value is -2.41. The molecule has 1 aromatic heterocycles. The zero-order valence-corrected chi connectivity index (χ0v) is 11.7. The lowest BCUT2D eigenvalue weighted by atomic mass is 10.00. The molecule has 1 aliphatic heterocycles. The van der Waals surface area contributed by atoms with Crippen molar-refractivity contribution < 1.29 is 0 Å². The van der Waals surface area contributed by atoms with Crippen LogP contribution in [0.15, 0.2) is 24.3 Å². The molecular weight excluding hydrogens is 248 g/mol. The molecule has 0 fully saturated rings. The molecule has 0 saturated heterocycles. The Morgan fingerprint density at radius 3 is 2.85 bits per heavy atom. The minimum atomic E-state index is 0.423. The number of nitriles is 1. The largest absolute Gasteiger partial charge is 0.310 e. The summed E-state index contributed by atoms with van der Waals surface area (Å²) in [7, 11) is 0. The SMILES string of the molecule is Cc1ccc2c(c1)CCCN2c1nc(C)cc(C#N)n1. The molecule has 0 unspecified atom stereocenters. The van der Waals surface area contributed by atoms with E-state index in [1.54, 1.807) is 6.07 Å². The summed E-state index contributed by atoms with van der Waals surface area (Å²) in [5, 5.41) is 9.06. The minimum Gasteiger partial charge on any atom is -0.310 e. The second kappa shape index (κ2) is 4.93. The second-order valence-electron chi connectivity index (χ2n) is 5.19. The Labute approximate surface area is 118 Å². The van der Waals surface area contributed by atoms with E-state index >= 15 is 0 Å². The standard InChI is InChI=1S/C16H16N4/c1-11-5-6-15-13(8-11)4-3-7-20(15)16-18-12(2)9-14(10-17)19-16/h5-6,8-9H,3-4,7H2,1-2H3. The van der Waals surface area contributed by atoms with E-state index in [0.29, 0.717) is 11.6 Å². The average Bonchev–Trinajstić information content (AvgIpc) is 2.45. The summed E-state index contributed by atoms with van der Waals surface area (Å²) in [5.74, 6) is 0.631. The van der Waals surface area contributed by atoms with Gasteiger partial charge in [-0.15, -0.1) is 0 Å². The first-order valence-electron chi connectivity index (χ1n) is 6.80. The number of benzene rings is 1. The van der Waals surface area contributed by atoms with Crippen molar-refractivity contribution in [2.24, 2.45) is 0 Å². The van der Waals surface area contributed by atoms with Gasteiger partial charge in [0.1, 0.15) is 11.8 Å². The van der Waals surface area contributed by atoms with E-state index in [-0.39, 0.29) is 0 Å². The summed E-state index contributed by atoms with van der Waals surface area (Å²) in [6.07, 6.45) is 2.17. The van der Waals surface area contributed by atoms with Crippen LogP contribution in [0.2, 0.25) is 0 Å². The van der Waals surface area contributed by atoms with Crippen molar-refractivity contribution in [1.29, 1.82) is 5.26 Å². The van der Waals surface area contributed by atoms with Crippen molar-refractivity contribution in [2.45, 2.75) is 26.7 Å². The van der Waals surface area contributed by atoms with Gasteiger partial charge in [0.25, 0.3) is 0 Å². The summed E-state index contributed by atoms with van der Waals surface area (Å²) in [6.45, 7) is 4.90. The van der Waals surface area contributed by atoms with Crippen LogP contribution in [0.1, 0.15) is 28.9 Å². The van der Waals surface area contributed by atoms with Crippen molar-refractivity contribution in [1.82, 2.24) is 9.97 Å². The van der Waals surface area contributed by atoms with Gasteiger partial charge in [-0.1, -0.05) is 17.7 Å². The molecule has 1 aliphatic rings. The number of aryl methyl sites for hydroxylation is 3. The van der Waals surface area contributed by atoms with Gasteiger partial charge in [-0.05, 0) is 44.4 Å². The van der Waals surface area contributed by atoms with Crippen molar-refractivity contribution in [3.8, 4) is 6.07 Å². The Morgan fingerprint density at radius 2 is 2.05 bits per heavy atom. The molecular formula is C16H16N4. The number of anilines is 2. The Morgan fingerprint density at radius 1 is 1.20 bits per heavy atom. The van der Waals surface area contributed by atoms with Crippen LogP contribution in [0, 0.1) is 25.2 Å². The third kappa shape index (κ3) is 2.23. The highest BCUT2D eigenvalue weighted by atomic mass is 15.3. The fourth-order valence-electron chi connectivity index (χ4n) is 2.66. The van der Waals surface area contributed by atoms with Gasteiger partial charge in [0.05, 0.1) is 0 Å². The van der Waals surface area contributed by atoms with Gasteiger partial charge in [0.15, 0.2) is 0 Å². The van der Waals surface area contributed by atoms with Crippen LogP contribution in [0.3, 0.4) is 0 Å². The first kappa shape index (κ1) is 12.6. The summed E-state index contributed by atoms with van der Waals surface area (Å²) < 4.78 is 0. The zero-order valence-electron chi connectivity index (χ0n) is 11.7. The van der Waals surface area contributed by atoms with Gasteiger partial charge in [-0.2, -0.15) is 5.26 Å². The van der Waals surface area contributed by atoms with Gasteiger partial charge in [0, 0.05) is 17.9 Å². The summed E-state index contributed by atoms with van der Waals surface area (Å²) in [6, 6.07) is 10.3. The maximum absolute atomic E-state index is 9.06. The first-order valence-corrected chi connectivity index (χ1v) is 6.80. The maximum Gasteiger partial charge on any atom is 0.231 e. The molecule has 0 saturated carbocycles. The Kier molecular flexibility index (Phi) is 3.11. The lowest BCUT2D eigenvalue weighted by Gasteiger charge is -2.29. The number of hydrogen-bond acceptors (Lipinski definition) is 4. The third-order valence-electron chi connectivity index (χ3n) is 3.55. The van der Waals surface area contributed by atoms with Crippen molar-refractivity contribution in [3.05, 3.63) is 46.8 Å². The van der Waals surface area contributed by atoms with Crippen molar-refractivity contribution in [2.75, 3.05) is 11.4 Å². The van der Waals surface area contributed by atoms with E-state index in [1.165, 1.54) is 11.1 Å². The quantitative estimate of drug-likeness (QED) is 0.794. The van der Waals surface area contributed by atoms with Gasteiger partial charge >= 0.3 is 0 Å². The lowest BCUT2D eigenvalue weighted by molar-refractivity contribution is 0.747. The predicted molar refractivity (Wildman–Crippen MR) is 78.0 cm³/mol. The molecule has 4 nitrogen and oxygen atoms in total. The minimum absolute atomic E-state index is 0.423. The van der Waals surface area contributed by atoms with E-state index in [2.05, 4.69) is 46.1 Å². The molecule has 2 heterocycles. The lowest BCUT2D eigenvalue weighted by Crippen LogP contribution is -2.26. The molecule has 0 N–H and O–H groups in total. The number of nitrogens with zero attached hydrogens (tertiary/aromatic N) is 4. The zero-order chi connectivity index (χ0) is 14.1. The molecule has 4 heteroatoms. The van der Waals surface area contributed by atoms with Crippen LogP contribution in [-0.4, -0.2) is 16.5 Å². The molecule has 100 valence electrons. The van der Waals surface area contributed by atoms with E-state index in [9.17, 15) is 0 Å². The number of hydrogen-bond donors (Lipinski definition) is 0. The van der Waals surface area contributed by atoms with E-state index < -0.39 is 0 Å². The molecule has 20 heavy (non-hydrogen) atoms. The molecule has 2 aromatic rings. The fourth-order valence-corrected chi connectivity index (χ4v) is 2.66. The van der Waals surface area contributed by atoms with Gasteiger partial charge in [-0.3, -0.25) is 0 Å². The first-order chi connectivity index (χ1) is 9.67. The van der Waals surface area contributed by atoms with Gasteiger partial charge < -0.3 is 4.90 Å². The molecule has 0 amide bonds. The van der Waals surface area contributed by atoms with Gasteiger partial charge in [0.2, 0.25) is 5.95 Å². The number of aromatic nitrogens is 2. The highest BCUT2D eigenvalue weighted by molar-refractivity contribution is 5.64. The molecule has 0 radical (unpaired) electrons. The monoisotopic (exact) mass is 264 g/mol. The van der Waals surface area contributed by atoms with E-state index in [1.807, 2.05) is 6.92 Å². The fraction of sp³-hybridized carbons (Fsp3) is 0.312. The van der Waals surface area contributed by atoms with Crippen molar-refractivity contribution >= 4 is 11.6 Å². The van der Waals surface area contributed by atoms with Gasteiger partial charge in [-0.25, -0.2) is 9.97 Å². The Bertz CT molecular complexity index is 700.